The van der Waals surface area contributed by atoms with Gasteiger partial charge in [0.25, 0.3) is 10.0 Å². The molecule has 9 nitrogen and oxygen atoms in total. The topological polar surface area (TPSA) is 101 Å². The molecule has 36 heavy (non-hydrogen) atoms. The number of carbonyl (C=O) groups excluding carboxylic acids is 1. The van der Waals surface area contributed by atoms with Gasteiger partial charge in [0.05, 0.1) is 16.5 Å². The lowest BCUT2D eigenvalue weighted by Gasteiger charge is -2.45. The van der Waals surface area contributed by atoms with Crippen molar-refractivity contribution in [3.05, 3.63) is 59.8 Å². The van der Waals surface area contributed by atoms with Crippen molar-refractivity contribution in [1.29, 1.82) is 0 Å². The first-order valence-corrected chi connectivity index (χ1v) is 13.2. The maximum Gasteiger partial charge on any atom is 0.410 e. The van der Waals surface area contributed by atoms with Crippen molar-refractivity contribution in [1.82, 2.24) is 8.87 Å². The van der Waals surface area contributed by atoms with E-state index in [-0.39, 0.29) is 17.0 Å². The molecule has 10 heteroatoms. The number of benzene rings is 2. The van der Waals surface area contributed by atoms with Crippen LogP contribution < -0.4 is 4.90 Å². The zero-order valence-electron chi connectivity index (χ0n) is 21.4. The number of carbonyl (C=O) groups is 1. The summed E-state index contributed by atoms with van der Waals surface area (Å²) in [4.78, 5) is 16.2. The van der Waals surface area contributed by atoms with E-state index in [1.807, 2.05) is 45.7 Å². The van der Waals surface area contributed by atoms with Gasteiger partial charge in [-0.25, -0.2) is 17.2 Å². The lowest BCUT2D eigenvalue weighted by molar-refractivity contribution is -0.0760. The molecule has 3 aromatic rings. The van der Waals surface area contributed by atoms with Crippen LogP contribution in [0, 0.1) is 6.92 Å². The average Bonchev–Trinajstić information content (AvgIpc) is 3.22. The molecule has 4 rings (SSSR count). The number of methoxy groups -OCH3 is 1. The number of rotatable bonds is 6. The van der Waals surface area contributed by atoms with Crippen LogP contribution in [-0.4, -0.2) is 67.4 Å². The van der Waals surface area contributed by atoms with Gasteiger partial charge < -0.3 is 24.4 Å². The van der Waals surface area contributed by atoms with E-state index < -0.39 is 21.9 Å². The van der Waals surface area contributed by atoms with Crippen molar-refractivity contribution >= 4 is 32.7 Å². The van der Waals surface area contributed by atoms with E-state index in [0.717, 1.165) is 11.3 Å². The second-order valence-corrected chi connectivity index (χ2v) is 11.9. The Morgan fingerprint density at radius 3 is 2.33 bits per heavy atom. The first kappa shape index (κ1) is 26.0. The Labute approximate surface area is 211 Å². The summed E-state index contributed by atoms with van der Waals surface area (Å²) in [7, 11) is -0.667. The third-order valence-corrected chi connectivity index (χ3v) is 8.02. The van der Waals surface area contributed by atoms with Gasteiger partial charge >= 0.3 is 6.09 Å². The summed E-state index contributed by atoms with van der Waals surface area (Å²) in [5.41, 5.74) is 1.85. The van der Waals surface area contributed by atoms with Crippen molar-refractivity contribution in [2.45, 2.75) is 50.5 Å². The Hall–Kier alpha value is -3.08. The van der Waals surface area contributed by atoms with Gasteiger partial charge in [-0.3, -0.25) is 0 Å². The quantitative estimate of drug-likeness (QED) is 0.497. The molecule has 1 amide bonds. The Balaban J connectivity index is 1.71. The van der Waals surface area contributed by atoms with Crippen LogP contribution in [0.1, 0.15) is 38.2 Å². The normalized spacial score (nSPS) is 15.6. The molecule has 0 spiro atoms. The summed E-state index contributed by atoms with van der Waals surface area (Å²) in [5, 5.41) is 11.2. The third kappa shape index (κ3) is 4.80. The van der Waals surface area contributed by atoms with Gasteiger partial charge in [-0.1, -0.05) is 17.7 Å². The van der Waals surface area contributed by atoms with Crippen molar-refractivity contribution in [2.75, 3.05) is 32.1 Å². The number of hydrogen-bond donors (Lipinski definition) is 1. The van der Waals surface area contributed by atoms with Crippen molar-refractivity contribution in [3.8, 4) is 0 Å². The third-order valence-electron chi connectivity index (χ3n) is 6.33. The van der Waals surface area contributed by atoms with Gasteiger partial charge in [0.1, 0.15) is 5.60 Å². The van der Waals surface area contributed by atoms with Crippen molar-refractivity contribution in [2.24, 2.45) is 0 Å². The molecule has 1 aliphatic heterocycles. The molecule has 0 saturated carbocycles. The maximum atomic E-state index is 13.6. The monoisotopic (exact) mass is 515 g/mol. The fourth-order valence-electron chi connectivity index (χ4n) is 4.27. The largest absolute Gasteiger partial charge is 0.444 e. The van der Waals surface area contributed by atoms with Gasteiger partial charge in [0.15, 0.2) is 6.29 Å². The van der Waals surface area contributed by atoms with E-state index in [4.69, 9.17) is 9.47 Å². The molecule has 1 fully saturated rings. The number of hydrogen-bond acceptors (Lipinski definition) is 7. The molecule has 1 unspecified atom stereocenters. The summed E-state index contributed by atoms with van der Waals surface area (Å²) in [6.45, 7) is 8.35. The van der Waals surface area contributed by atoms with E-state index in [1.165, 1.54) is 17.3 Å². The van der Waals surface area contributed by atoms with E-state index >= 15 is 0 Å². The molecular weight excluding hydrogens is 482 g/mol. The molecule has 1 saturated heterocycles. The highest BCUT2D eigenvalue weighted by molar-refractivity contribution is 7.90. The predicted molar refractivity (Wildman–Crippen MR) is 138 cm³/mol. The first-order chi connectivity index (χ1) is 16.8. The molecule has 0 radical (unpaired) electrons. The highest BCUT2D eigenvalue weighted by Gasteiger charge is 2.37. The van der Waals surface area contributed by atoms with E-state index in [2.05, 4.69) is 0 Å². The minimum absolute atomic E-state index is 0.0240. The Morgan fingerprint density at radius 1 is 1.11 bits per heavy atom. The Bertz CT molecular complexity index is 1370. The molecule has 2 aromatic carbocycles. The number of likely N-dealkylation sites (tertiary alicyclic amines) is 1. The van der Waals surface area contributed by atoms with Crippen molar-refractivity contribution < 1.29 is 27.8 Å². The molecule has 1 aromatic heterocycles. The van der Waals surface area contributed by atoms with E-state index in [0.29, 0.717) is 29.6 Å². The zero-order chi connectivity index (χ0) is 26.4. The molecule has 1 atom stereocenters. The molecule has 1 N–H and O–H groups in total. The van der Waals surface area contributed by atoms with E-state index in [9.17, 15) is 18.3 Å². The number of ether oxygens (including phenoxy) is 2. The van der Waals surface area contributed by atoms with Crippen LogP contribution in [0.5, 0.6) is 0 Å². The highest BCUT2D eigenvalue weighted by Crippen LogP contribution is 2.37. The summed E-state index contributed by atoms with van der Waals surface area (Å²) in [6.07, 6.45) is -0.164. The van der Waals surface area contributed by atoms with Crippen LogP contribution in [-0.2, 0) is 19.5 Å². The Morgan fingerprint density at radius 2 is 1.75 bits per heavy atom. The summed E-state index contributed by atoms with van der Waals surface area (Å²) in [6, 6.07) is 11.9. The number of anilines is 1. The SMILES string of the molecule is COC(O)c1ccc(N(C)C2CN(C(=O)OC(C)(C)C)C2)c2ccn(S(=O)(=O)c3ccc(C)cc3)c12. The van der Waals surface area contributed by atoms with Crippen LogP contribution in [0.25, 0.3) is 10.9 Å². The highest BCUT2D eigenvalue weighted by atomic mass is 32.2. The van der Waals surface area contributed by atoms with Crippen LogP contribution in [0.2, 0.25) is 0 Å². The van der Waals surface area contributed by atoms with Gasteiger partial charge in [0.2, 0.25) is 0 Å². The summed E-state index contributed by atoms with van der Waals surface area (Å²) < 4.78 is 38.9. The minimum Gasteiger partial charge on any atom is -0.444 e. The smallest absolute Gasteiger partial charge is 0.410 e. The number of likely N-dealkylation sites (N-methyl/N-ethyl adjacent to an activating group) is 1. The summed E-state index contributed by atoms with van der Waals surface area (Å²) in [5.74, 6) is 0. The van der Waals surface area contributed by atoms with Crippen LogP contribution in [0.3, 0.4) is 0 Å². The van der Waals surface area contributed by atoms with Crippen LogP contribution >= 0.6 is 0 Å². The summed E-state index contributed by atoms with van der Waals surface area (Å²) >= 11 is 0. The molecular formula is C26H33N3O6S. The second-order valence-electron chi connectivity index (χ2n) is 10.1. The molecule has 0 aliphatic carbocycles. The lowest BCUT2D eigenvalue weighted by atomic mass is 10.0. The number of nitrogens with zero attached hydrogens (tertiary/aromatic N) is 3. The second kappa shape index (κ2) is 9.42. The van der Waals surface area contributed by atoms with Gasteiger partial charge in [0, 0.05) is 50.1 Å². The zero-order valence-corrected chi connectivity index (χ0v) is 22.2. The average molecular weight is 516 g/mol. The Kier molecular flexibility index (Phi) is 6.80. The van der Waals surface area contributed by atoms with Gasteiger partial charge in [-0.2, -0.15) is 0 Å². The molecule has 1 aliphatic rings. The lowest BCUT2D eigenvalue weighted by Crippen LogP contribution is -2.61. The molecule has 194 valence electrons. The number of fused-ring (bicyclic) bond motifs is 1. The number of aryl methyl sites for hydroxylation is 1. The van der Waals surface area contributed by atoms with Crippen molar-refractivity contribution in [3.63, 3.8) is 0 Å². The van der Waals surface area contributed by atoms with Crippen LogP contribution in [0.15, 0.2) is 53.6 Å². The number of aliphatic hydroxyl groups excluding tert-OH is 1. The number of amides is 1. The number of aromatic nitrogens is 1. The fraction of sp³-hybridized carbons (Fsp3) is 0.423. The predicted octanol–water partition coefficient (Wildman–Crippen LogP) is 3.88. The van der Waals surface area contributed by atoms with Gasteiger partial charge in [-0.05, 0) is 58.0 Å². The first-order valence-electron chi connectivity index (χ1n) is 11.7. The van der Waals surface area contributed by atoms with Crippen LogP contribution in [0.4, 0.5) is 10.5 Å². The molecule has 2 heterocycles. The van der Waals surface area contributed by atoms with E-state index in [1.54, 1.807) is 41.3 Å². The molecule has 0 bridgehead atoms. The minimum atomic E-state index is -3.93. The maximum absolute atomic E-state index is 13.6. The van der Waals surface area contributed by atoms with Gasteiger partial charge in [-0.15, -0.1) is 0 Å². The standard InChI is InChI=1S/C26H33N3O6S/c1-17-7-9-19(10-8-17)36(32,33)29-14-13-20-22(12-11-21(23(20)29)24(30)34-6)27(5)18-15-28(16-18)25(31)35-26(2,3)4/h7-14,18,24,30H,15-16H2,1-6H3. The number of aliphatic hydroxyl groups is 1. The fourth-order valence-corrected chi connectivity index (χ4v) is 5.64.